The van der Waals surface area contributed by atoms with E-state index in [1.807, 2.05) is 6.07 Å². The van der Waals surface area contributed by atoms with Crippen molar-refractivity contribution in [2.75, 3.05) is 20.6 Å². The van der Waals surface area contributed by atoms with E-state index < -0.39 is 6.04 Å². The second-order valence-corrected chi connectivity index (χ2v) is 6.22. The molecule has 0 bridgehead atoms. The summed E-state index contributed by atoms with van der Waals surface area (Å²) in [5, 5.41) is 6.75. The number of pyridine rings is 1. The molecule has 3 rings (SSSR count). The fraction of sp³-hybridized carbons (Fsp3) is 0.263. The Morgan fingerprint density at radius 2 is 2.15 bits per heavy atom. The predicted molar refractivity (Wildman–Crippen MR) is 97.1 cm³/mol. The van der Waals surface area contributed by atoms with Crippen LogP contribution < -0.4 is 5.32 Å². The minimum atomic E-state index is -0.589. The molecule has 2 aromatic heterocycles. The summed E-state index contributed by atoms with van der Waals surface area (Å²) in [4.78, 5) is 22.6. The van der Waals surface area contributed by atoms with Gasteiger partial charge in [0.2, 0.25) is 17.6 Å². The fourth-order valence-corrected chi connectivity index (χ4v) is 2.72. The maximum atomic E-state index is 13.5. The third-order valence-corrected chi connectivity index (χ3v) is 3.96. The summed E-state index contributed by atoms with van der Waals surface area (Å²) < 4.78 is 18.7. The van der Waals surface area contributed by atoms with E-state index in [2.05, 4.69) is 20.4 Å². The number of amides is 1. The smallest absolute Gasteiger partial charge is 0.241 e. The SMILES string of the molecule is CN(C)[C@H](C(=O)NCCc1nc(-c2cccnc2)no1)c1cccc(F)c1. The first-order valence-electron chi connectivity index (χ1n) is 8.47. The molecular formula is C19H20FN5O2. The van der Waals surface area contributed by atoms with Gasteiger partial charge in [0.1, 0.15) is 11.9 Å². The number of nitrogens with one attached hydrogen (secondary N) is 1. The Morgan fingerprint density at radius 3 is 2.85 bits per heavy atom. The molecule has 1 aromatic carbocycles. The van der Waals surface area contributed by atoms with Gasteiger partial charge in [-0.25, -0.2) is 4.39 Å². The van der Waals surface area contributed by atoms with Crippen LogP contribution in [0.2, 0.25) is 0 Å². The second-order valence-electron chi connectivity index (χ2n) is 6.22. The first-order valence-corrected chi connectivity index (χ1v) is 8.47. The lowest BCUT2D eigenvalue weighted by molar-refractivity contribution is -0.125. The summed E-state index contributed by atoms with van der Waals surface area (Å²) in [6, 6.07) is 9.07. The summed E-state index contributed by atoms with van der Waals surface area (Å²) in [5.74, 6) is 0.273. The van der Waals surface area contributed by atoms with Crippen LogP contribution in [-0.2, 0) is 11.2 Å². The van der Waals surface area contributed by atoms with Crippen LogP contribution in [0.1, 0.15) is 17.5 Å². The first-order chi connectivity index (χ1) is 13.0. The molecule has 0 aliphatic carbocycles. The lowest BCUT2D eigenvalue weighted by Crippen LogP contribution is -2.38. The summed E-state index contributed by atoms with van der Waals surface area (Å²) in [7, 11) is 3.54. The predicted octanol–water partition coefficient (Wildman–Crippen LogP) is 2.23. The van der Waals surface area contributed by atoms with Crippen molar-refractivity contribution in [2.24, 2.45) is 0 Å². The van der Waals surface area contributed by atoms with Gasteiger partial charge in [0.15, 0.2) is 0 Å². The van der Waals surface area contributed by atoms with Gasteiger partial charge in [0.25, 0.3) is 0 Å². The number of rotatable bonds is 7. The van der Waals surface area contributed by atoms with Gasteiger partial charge in [0.05, 0.1) is 0 Å². The van der Waals surface area contributed by atoms with E-state index in [4.69, 9.17) is 4.52 Å². The van der Waals surface area contributed by atoms with Crippen molar-refractivity contribution in [3.8, 4) is 11.4 Å². The molecule has 0 aliphatic heterocycles. The molecule has 27 heavy (non-hydrogen) atoms. The van der Waals surface area contributed by atoms with Gasteiger partial charge in [-0.3, -0.25) is 14.7 Å². The maximum Gasteiger partial charge on any atom is 0.241 e. The van der Waals surface area contributed by atoms with Crippen LogP contribution in [0.4, 0.5) is 4.39 Å². The summed E-state index contributed by atoms with van der Waals surface area (Å²) in [6.45, 7) is 0.327. The van der Waals surface area contributed by atoms with Gasteiger partial charge in [-0.2, -0.15) is 4.98 Å². The number of likely N-dealkylation sites (N-methyl/N-ethyl adjacent to an activating group) is 1. The van der Waals surface area contributed by atoms with Crippen molar-refractivity contribution in [2.45, 2.75) is 12.5 Å². The van der Waals surface area contributed by atoms with Gasteiger partial charge < -0.3 is 9.84 Å². The third kappa shape index (κ3) is 4.73. The Labute approximate surface area is 156 Å². The lowest BCUT2D eigenvalue weighted by atomic mass is 10.1. The molecule has 1 N–H and O–H groups in total. The van der Waals surface area contributed by atoms with Crippen LogP contribution in [0.5, 0.6) is 0 Å². The van der Waals surface area contributed by atoms with E-state index in [0.717, 1.165) is 5.56 Å². The normalized spacial score (nSPS) is 12.1. The number of aromatic nitrogens is 3. The minimum absolute atomic E-state index is 0.224. The Kier molecular flexibility index (Phi) is 5.87. The molecule has 1 amide bonds. The van der Waals surface area contributed by atoms with E-state index in [-0.39, 0.29) is 11.7 Å². The van der Waals surface area contributed by atoms with Gasteiger partial charge in [-0.05, 0) is 43.9 Å². The molecule has 7 nitrogen and oxygen atoms in total. The van der Waals surface area contributed by atoms with E-state index in [1.165, 1.54) is 12.1 Å². The molecule has 0 saturated heterocycles. The number of benzene rings is 1. The van der Waals surface area contributed by atoms with Gasteiger partial charge in [0, 0.05) is 30.9 Å². The summed E-state index contributed by atoms with van der Waals surface area (Å²) in [5.41, 5.74) is 1.35. The van der Waals surface area contributed by atoms with Crippen molar-refractivity contribution in [1.29, 1.82) is 0 Å². The Hall–Kier alpha value is -3.13. The third-order valence-electron chi connectivity index (χ3n) is 3.96. The second kappa shape index (κ2) is 8.50. The minimum Gasteiger partial charge on any atom is -0.354 e. The van der Waals surface area contributed by atoms with Gasteiger partial charge >= 0.3 is 0 Å². The molecule has 3 aromatic rings. The highest BCUT2D eigenvalue weighted by atomic mass is 19.1. The molecule has 1 atom stereocenters. The Morgan fingerprint density at radius 1 is 1.30 bits per heavy atom. The van der Waals surface area contributed by atoms with Crippen LogP contribution in [0.15, 0.2) is 53.3 Å². The molecule has 8 heteroatoms. The van der Waals surface area contributed by atoms with Gasteiger partial charge in [-0.1, -0.05) is 17.3 Å². The molecule has 0 saturated carbocycles. The number of carbonyl (C=O) groups excluding carboxylic acids is 1. The van der Waals surface area contributed by atoms with Crippen LogP contribution in [0.3, 0.4) is 0 Å². The molecule has 0 unspecified atom stereocenters. The number of nitrogens with zero attached hydrogens (tertiary/aromatic N) is 4. The Balaban J connectivity index is 1.59. The van der Waals surface area contributed by atoms with Crippen molar-refractivity contribution in [1.82, 2.24) is 25.3 Å². The van der Waals surface area contributed by atoms with Crippen LogP contribution in [0.25, 0.3) is 11.4 Å². The maximum absolute atomic E-state index is 13.5. The molecule has 0 aliphatic rings. The first kappa shape index (κ1) is 18.7. The topological polar surface area (TPSA) is 84.2 Å². The van der Waals surface area contributed by atoms with Crippen molar-refractivity contribution in [3.05, 3.63) is 66.1 Å². The van der Waals surface area contributed by atoms with Crippen molar-refractivity contribution >= 4 is 5.91 Å². The highest BCUT2D eigenvalue weighted by Gasteiger charge is 2.23. The zero-order valence-electron chi connectivity index (χ0n) is 15.1. The van der Waals surface area contributed by atoms with E-state index in [0.29, 0.717) is 30.2 Å². The fourth-order valence-electron chi connectivity index (χ4n) is 2.72. The molecule has 2 heterocycles. The highest BCUT2D eigenvalue weighted by Crippen LogP contribution is 2.19. The van der Waals surface area contributed by atoms with Crippen molar-refractivity contribution < 1.29 is 13.7 Å². The lowest BCUT2D eigenvalue weighted by Gasteiger charge is -2.23. The largest absolute Gasteiger partial charge is 0.354 e. The van der Waals surface area contributed by atoms with Crippen molar-refractivity contribution in [3.63, 3.8) is 0 Å². The summed E-state index contributed by atoms with van der Waals surface area (Å²) in [6.07, 6.45) is 3.71. The quantitative estimate of drug-likeness (QED) is 0.688. The Bertz CT molecular complexity index is 898. The van der Waals surface area contributed by atoms with E-state index in [1.54, 1.807) is 49.6 Å². The zero-order chi connectivity index (χ0) is 19.2. The van der Waals surface area contributed by atoms with Crippen LogP contribution >= 0.6 is 0 Å². The highest BCUT2D eigenvalue weighted by molar-refractivity contribution is 5.83. The van der Waals surface area contributed by atoms with Crippen LogP contribution in [-0.4, -0.2) is 46.6 Å². The average Bonchev–Trinajstić information content (AvgIpc) is 3.11. The summed E-state index contributed by atoms with van der Waals surface area (Å²) >= 11 is 0. The number of carbonyl (C=O) groups is 1. The number of hydrogen-bond acceptors (Lipinski definition) is 6. The number of halogens is 1. The molecule has 0 spiro atoms. The van der Waals surface area contributed by atoms with E-state index in [9.17, 15) is 9.18 Å². The van der Waals surface area contributed by atoms with Crippen LogP contribution in [0, 0.1) is 5.82 Å². The monoisotopic (exact) mass is 369 g/mol. The molecule has 0 fully saturated rings. The standard InChI is InChI=1S/C19H20FN5O2/c1-25(2)17(13-5-3-7-15(20)11-13)19(26)22-10-8-16-23-18(24-27-16)14-6-4-9-21-12-14/h3-7,9,11-12,17H,8,10H2,1-2H3,(H,22,26)/t17-/m0/s1. The zero-order valence-corrected chi connectivity index (χ0v) is 15.1. The van der Waals surface area contributed by atoms with Gasteiger partial charge in [-0.15, -0.1) is 0 Å². The molecular weight excluding hydrogens is 349 g/mol. The number of hydrogen-bond donors (Lipinski definition) is 1. The van der Waals surface area contributed by atoms with E-state index >= 15 is 0 Å². The average molecular weight is 369 g/mol. The molecule has 0 radical (unpaired) electrons. The molecule has 140 valence electrons.